The van der Waals surface area contributed by atoms with E-state index in [2.05, 4.69) is 0 Å². The highest BCUT2D eigenvalue weighted by Gasteiger charge is 2.13. The second-order valence-corrected chi connectivity index (χ2v) is 4.64. The third kappa shape index (κ3) is 4.14. The molecule has 108 valence electrons. The van der Waals surface area contributed by atoms with E-state index in [4.69, 9.17) is 4.74 Å². The summed E-state index contributed by atoms with van der Waals surface area (Å²) in [5.41, 5.74) is 1.63. The first-order valence-corrected chi connectivity index (χ1v) is 6.54. The second kappa shape index (κ2) is 6.65. The Balaban J connectivity index is 1.95. The van der Waals surface area contributed by atoms with Gasteiger partial charge in [0.15, 0.2) is 0 Å². The third-order valence-electron chi connectivity index (χ3n) is 3.07. The molecule has 5 heteroatoms. The molecule has 21 heavy (non-hydrogen) atoms. The highest BCUT2D eigenvalue weighted by atomic mass is 16.6. The lowest BCUT2D eigenvalue weighted by Crippen LogP contribution is -2.11. The van der Waals surface area contributed by atoms with Crippen LogP contribution in [0.1, 0.15) is 24.2 Å². The van der Waals surface area contributed by atoms with Gasteiger partial charge in [0.1, 0.15) is 6.10 Å². The van der Waals surface area contributed by atoms with E-state index < -0.39 is 11.0 Å². The minimum atomic E-state index is -0.462. The number of carbonyl (C=O) groups is 1. The Labute approximate surface area is 122 Å². The van der Waals surface area contributed by atoms with Crippen LogP contribution in [0.5, 0.6) is 0 Å². The number of ether oxygens (including phenoxy) is 1. The molecule has 0 bridgehead atoms. The lowest BCUT2D eigenvalue weighted by molar-refractivity contribution is -0.384. The monoisotopic (exact) mass is 285 g/mol. The van der Waals surface area contributed by atoms with E-state index >= 15 is 0 Å². The van der Waals surface area contributed by atoms with E-state index in [-0.39, 0.29) is 18.1 Å². The molecule has 0 spiro atoms. The van der Waals surface area contributed by atoms with Gasteiger partial charge in [-0.05, 0) is 30.2 Å². The first kappa shape index (κ1) is 14.7. The average molecular weight is 285 g/mol. The van der Waals surface area contributed by atoms with Crippen LogP contribution in [0, 0.1) is 10.1 Å². The number of hydrogen-bond donors (Lipinski definition) is 0. The van der Waals surface area contributed by atoms with Crippen molar-refractivity contribution >= 4 is 11.7 Å². The van der Waals surface area contributed by atoms with Crippen LogP contribution in [0.3, 0.4) is 0 Å². The molecule has 2 rings (SSSR count). The molecule has 0 heterocycles. The van der Waals surface area contributed by atoms with Crippen molar-refractivity contribution in [2.75, 3.05) is 0 Å². The number of nitrogens with zero attached hydrogens (tertiary/aromatic N) is 1. The van der Waals surface area contributed by atoms with Crippen molar-refractivity contribution in [3.8, 4) is 0 Å². The van der Waals surface area contributed by atoms with Crippen molar-refractivity contribution in [1.82, 2.24) is 0 Å². The molecular formula is C16H15NO4. The quantitative estimate of drug-likeness (QED) is 0.479. The van der Waals surface area contributed by atoms with Gasteiger partial charge in [-0.2, -0.15) is 0 Å². The van der Waals surface area contributed by atoms with E-state index in [0.29, 0.717) is 0 Å². The minimum Gasteiger partial charge on any atom is -0.458 e. The Bertz CT molecular complexity index is 622. The summed E-state index contributed by atoms with van der Waals surface area (Å²) < 4.78 is 5.33. The largest absolute Gasteiger partial charge is 0.458 e. The number of nitro groups is 1. The van der Waals surface area contributed by atoms with Crippen LogP contribution >= 0.6 is 0 Å². The smallest absolute Gasteiger partial charge is 0.310 e. The molecule has 2 aromatic carbocycles. The Morgan fingerprint density at radius 1 is 1.14 bits per heavy atom. The van der Waals surface area contributed by atoms with Gasteiger partial charge >= 0.3 is 5.97 Å². The summed E-state index contributed by atoms with van der Waals surface area (Å²) in [6, 6.07) is 15.3. The molecular weight excluding hydrogens is 270 g/mol. The van der Waals surface area contributed by atoms with Gasteiger partial charge in [0.2, 0.25) is 0 Å². The van der Waals surface area contributed by atoms with E-state index in [0.717, 1.165) is 11.1 Å². The van der Waals surface area contributed by atoms with Gasteiger partial charge in [-0.3, -0.25) is 14.9 Å². The molecule has 1 atom stereocenters. The summed E-state index contributed by atoms with van der Waals surface area (Å²) in [7, 11) is 0. The molecule has 0 aliphatic rings. The van der Waals surface area contributed by atoms with Crippen LogP contribution in [0.25, 0.3) is 0 Å². The van der Waals surface area contributed by atoms with Gasteiger partial charge in [-0.15, -0.1) is 0 Å². The van der Waals surface area contributed by atoms with Gasteiger partial charge in [0.05, 0.1) is 11.3 Å². The third-order valence-corrected chi connectivity index (χ3v) is 3.07. The van der Waals surface area contributed by atoms with Crippen molar-refractivity contribution in [1.29, 1.82) is 0 Å². The predicted octanol–water partition coefficient (Wildman–Crippen LogP) is 3.44. The standard InChI is InChI=1S/C16H15NO4/c1-12(14-7-9-15(10-8-14)17(19)20)21-16(18)11-13-5-3-2-4-6-13/h2-10,12H,11H2,1H3/t12-/m0/s1. The van der Waals surface area contributed by atoms with Gasteiger partial charge in [-0.1, -0.05) is 30.3 Å². The molecule has 0 saturated carbocycles. The lowest BCUT2D eigenvalue weighted by Gasteiger charge is -2.13. The second-order valence-electron chi connectivity index (χ2n) is 4.64. The van der Waals surface area contributed by atoms with Gasteiger partial charge < -0.3 is 4.74 Å². The Morgan fingerprint density at radius 3 is 2.33 bits per heavy atom. The molecule has 0 aromatic heterocycles. The summed E-state index contributed by atoms with van der Waals surface area (Å²) in [4.78, 5) is 22.0. The average Bonchev–Trinajstić information content (AvgIpc) is 2.48. The normalized spacial score (nSPS) is 11.7. The maximum Gasteiger partial charge on any atom is 0.310 e. The van der Waals surface area contributed by atoms with Crippen LogP contribution in [0.4, 0.5) is 5.69 Å². The number of hydrogen-bond acceptors (Lipinski definition) is 4. The summed E-state index contributed by atoms with van der Waals surface area (Å²) in [5, 5.41) is 10.6. The highest BCUT2D eigenvalue weighted by molar-refractivity contribution is 5.72. The molecule has 0 amide bonds. The molecule has 0 unspecified atom stereocenters. The molecule has 0 N–H and O–H groups in total. The minimum absolute atomic E-state index is 0.0153. The van der Waals surface area contributed by atoms with Crippen molar-refractivity contribution in [3.05, 3.63) is 75.8 Å². The molecule has 0 saturated heterocycles. The number of benzene rings is 2. The zero-order valence-corrected chi connectivity index (χ0v) is 11.6. The van der Waals surface area contributed by atoms with E-state index in [9.17, 15) is 14.9 Å². The number of nitro benzene ring substituents is 1. The maximum atomic E-state index is 11.8. The first-order valence-electron chi connectivity index (χ1n) is 6.54. The number of carbonyl (C=O) groups excluding carboxylic acids is 1. The van der Waals surface area contributed by atoms with Crippen molar-refractivity contribution < 1.29 is 14.5 Å². The molecule has 0 radical (unpaired) electrons. The van der Waals surface area contributed by atoms with Gasteiger partial charge in [-0.25, -0.2) is 0 Å². The molecule has 0 aliphatic heterocycles. The van der Waals surface area contributed by atoms with E-state index in [1.807, 2.05) is 30.3 Å². The topological polar surface area (TPSA) is 69.4 Å². The van der Waals surface area contributed by atoms with Crippen LogP contribution < -0.4 is 0 Å². The lowest BCUT2D eigenvalue weighted by atomic mass is 10.1. The zero-order chi connectivity index (χ0) is 15.2. The fraction of sp³-hybridized carbons (Fsp3) is 0.188. The molecule has 5 nitrogen and oxygen atoms in total. The zero-order valence-electron chi connectivity index (χ0n) is 11.6. The van der Waals surface area contributed by atoms with Crippen LogP contribution in [-0.4, -0.2) is 10.9 Å². The van der Waals surface area contributed by atoms with Crippen LogP contribution in [-0.2, 0) is 16.0 Å². The first-order chi connectivity index (χ1) is 10.1. The maximum absolute atomic E-state index is 11.8. The fourth-order valence-electron chi connectivity index (χ4n) is 1.94. The summed E-state index contributed by atoms with van der Waals surface area (Å²) in [6.45, 7) is 1.74. The summed E-state index contributed by atoms with van der Waals surface area (Å²) in [6.07, 6.45) is -0.236. The van der Waals surface area contributed by atoms with Crippen molar-refractivity contribution in [2.24, 2.45) is 0 Å². The Morgan fingerprint density at radius 2 is 1.76 bits per heavy atom. The van der Waals surface area contributed by atoms with Crippen LogP contribution in [0.15, 0.2) is 54.6 Å². The van der Waals surface area contributed by atoms with E-state index in [1.54, 1.807) is 19.1 Å². The number of rotatable bonds is 5. The predicted molar refractivity (Wildman–Crippen MR) is 77.7 cm³/mol. The molecule has 2 aromatic rings. The van der Waals surface area contributed by atoms with Gasteiger partial charge in [0, 0.05) is 12.1 Å². The number of esters is 1. The summed E-state index contributed by atoms with van der Waals surface area (Å²) in [5.74, 6) is -0.327. The molecule has 0 aliphatic carbocycles. The molecule has 0 fully saturated rings. The Hall–Kier alpha value is -2.69. The Kier molecular flexibility index (Phi) is 4.66. The number of non-ortho nitro benzene ring substituents is 1. The van der Waals surface area contributed by atoms with Gasteiger partial charge in [0.25, 0.3) is 5.69 Å². The summed E-state index contributed by atoms with van der Waals surface area (Å²) >= 11 is 0. The van der Waals surface area contributed by atoms with Crippen molar-refractivity contribution in [2.45, 2.75) is 19.4 Å². The van der Waals surface area contributed by atoms with Crippen molar-refractivity contribution in [3.63, 3.8) is 0 Å². The SMILES string of the molecule is C[C@H](OC(=O)Cc1ccccc1)c1ccc([N+](=O)[O-])cc1. The fourth-order valence-corrected chi connectivity index (χ4v) is 1.94. The highest BCUT2D eigenvalue weighted by Crippen LogP contribution is 2.20. The van der Waals surface area contributed by atoms with Crippen LogP contribution in [0.2, 0.25) is 0 Å². The van der Waals surface area contributed by atoms with E-state index in [1.165, 1.54) is 12.1 Å².